The van der Waals surface area contributed by atoms with E-state index in [1.807, 2.05) is 52.0 Å². The Labute approximate surface area is 215 Å². The lowest BCUT2D eigenvalue weighted by Crippen LogP contribution is -2.33. The van der Waals surface area contributed by atoms with Gasteiger partial charge in [0.15, 0.2) is 0 Å². The average molecular weight is 499 g/mol. The number of hydrogen-bond acceptors (Lipinski definition) is 5. The molecule has 3 aromatic heterocycles. The quantitative estimate of drug-likeness (QED) is 0.328. The maximum absolute atomic E-state index is 13.8. The van der Waals surface area contributed by atoms with Crippen LogP contribution >= 0.6 is 11.3 Å². The van der Waals surface area contributed by atoms with Crippen LogP contribution in [0.1, 0.15) is 68.0 Å². The zero-order valence-electron chi connectivity index (χ0n) is 21.1. The summed E-state index contributed by atoms with van der Waals surface area (Å²) in [5.41, 5.74) is 6.47. The molecular formula is C29H30N4O2S. The number of pyridine rings is 2. The fraction of sp³-hybridized carbons (Fsp3) is 0.310. The van der Waals surface area contributed by atoms with E-state index in [1.54, 1.807) is 12.4 Å². The van der Waals surface area contributed by atoms with Crippen LogP contribution in [0.2, 0.25) is 0 Å². The van der Waals surface area contributed by atoms with Crippen LogP contribution < -0.4 is 10.6 Å². The molecule has 7 heteroatoms. The van der Waals surface area contributed by atoms with Crippen LogP contribution in [0, 0.1) is 27.7 Å². The monoisotopic (exact) mass is 498 g/mol. The smallest absolute Gasteiger partial charge is 0.257 e. The highest BCUT2D eigenvalue weighted by molar-refractivity contribution is 7.16. The van der Waals surface area contributed by atoms with Gasteiger partial charge in [-0.3, -0.25) is 14.6 Å². The number of nitrogens with zero attached hydrogens (tertiary/aromatic N) is 2. The molecule has 0 radical (unpaired) electrons. The van der Waals surface area contributed by atoms with Gasteiger partial charge < -0.3 is 10.6 Å². The Balaban J connectivity index is 1.56. The number of aryl methyl sites for hydroxylation is 3. The molecule has 0 spiro atoms. The molecule has 0 saturated heterocycles. The Morgan fingerprint density at radius 3 is 2.42 bits per heavy atom. The minimum atomic E-state index is -0.251. The molecule has 2 N–H and O–H groups in total. The molecule has 3 heterocycles. The van der Waals surface area contributed by atoms with Gasteiger partial charge in [-0.2, -0.15) is 0 Å². The van der Waals surface area contributed by atoms with Crippen molar-refractivity contribution in [2.45, 2.75) is 59.4 Å². The third-order valence-corrected chi connectivity index (χ3v) is 8.12. The van der Waals surface area contributed by atoms with Gasteiger partial charge in [0.25, 0.3) is 11.8 Å². The molecule has 6 nitrogen and oxygen atoms in total. The van der Waals surface area contributed by atoms with E-state index in [4.69, 9.17) is 4.98 Å². The van der Waals surface area contributed by atoms with Gasteiger partial charge in [-0.1, -0.05) is 24.5 Å². The minimum Gasteiger partial charge on any atom is -0.349 e. The largest absolute Gasteiger partial charge is 0.349 e. The number of rotatable bonds is 5. The van der Waals surface area contributed by atoms with E-state index in [0.29, 0.717) is 21.8 Å². The topological polar surface area (TPSA) is 84.0 Å². The zero-order chi connectivity index (χ0) is 25.4. The maximum Gasteiger partial charge on any atom is 0.257 e. The van der Waals surface area contributed by atoms with Crippen LogP contribution in [0.3, 0.4) is 0 Å². The number of thiophene rings is 1. The number of amides is 2. The number of carbonyl (C=O) groups excluding carboxylic acids is 2. The van der Waals surface area contributed by atoms with Crippen molar-refractivity contribution in [2.24, 2.45) is 0 Å². The first-order valence-electron chi connectivity index (χ1n) is 12.4. The second-order valence-corrected chi connectivity index (χ2v) is 10.9. The van der Waals surface area contributed by atoms with Crippen LogP contribution in [-0.2, 0) is 0 Å². The summed E-state index contributed by atoms with van der Waals surface area (Å²) in [5.74, 6) is -0.360. The van der Waals surface area contributed by atoms with E-state index in [2.05, 4.69) is 21.7 Å². The van der Waals surface area contributed by atoms with E-state index >= 15 is 0 Å². The van der Waals surface area contributed by atoms with Gasteiger partial charge in [0.2, 0.25) is 0 Å². The molecule has 1 saturated carbocycles. The Hall–Kier alpha value is -3.58. The van der Waals surface area contributed by atoms with E-state index < -0.39 is 0 Å². The molecule has 0 bridgehead atoms. The third kappa shape index (κ3) is 4.63. The molecule has 0 atom stereocenters. The van der Waals surface area contributed by atoms with Crippen molar-refractivity contribution in [1.82, 2.24) is 15.3 Å². The van der Waals surface area contributed by atoms with Gasteiger partial charge in [0.1, 0.15) is 5.00 Å². The molecule has 1 fully saturated rings. The van der Waals surface area contributed by atoms with Crippen LogP contribution in [0.15, 0.2) is 42.7 Å². The summed E-state index contributed by atoms with van der Waals surface area (Å²) in [6.07, 6.45) is 7.74. The summed E-state index contributed by atoms with van der Waals surface area (Å²) in [7, 11) is 0. The standard InChI is InChI=1S/C29H30N4O2S/c1-16-13-17(2)26-22(14-16)23(15-24(32-26)20-9-11-30-12-10-20)27(34)33-29-25(18(3)19(4)36-29)28(35)31-21-7-5-6-8-21/h9-15,21H,5-8H2,1-4H3,(H,31,35)(H,33,34). The molecule has 36 heavy (non-hydrogen) atoms. The van der Waals surface area contributed by atoms with Crippen molar-refractivity contribution in [2.75, 3.05) is 5.32 Å². The molecule has 5 rings (SSSR count). The van der Waals surface area contributed by atoms with Crippen LogP contribution in [0.4, 0.5) is 5.00 Å². The number of hydrogen-bond donors (Lipinski definition) is 2. The summed E-state index contributed by atoms with van der Waals surface area (Å²) in [4.78, 5) is 37.1. The van der Waals surface area contributed by atoms with Gasteiger partial charge >= 0.3 is 0 Å². The number of benzene rings is 1. The van der Waals surface area contributed by atoms with Crippen molar-refractivity contribution >= 4 is 39.1 Å². The second-order valence-electron chi connectivity index (χ2n) is 9.67. The highest BCUT2D eigenvalue weighted by atomic mass is 32.1. The van der Waals surface area contributed by atoms with Crippen molar-refractivity contribution in [3.63, 3.8) is 0 Å². The Bertz CT molecular complexity index is 1470. The second kappa shape index (κ2) is 9.82. The molecular weight excluding hydrogens is 468 g/mol. The molecule has 4 aromatic rings. The predicted octanol–water partition coefficient (Wildman–Crippen LogP) is 6.52. The third-order valence-electron chi connectivity index (χ3n) is 7.00. The number of fused-ring (bicyclic) bond motifs is 1. The number of aromatic nitrogens is 2. The van der Waals surface area contributed by atoms with Gasteiger partial charge in [0, 0.05) is 34.3 Å². The summed E-state index contributed by atoms with van der Waals surface area (Å²) in [6, 6.07) is 9.88. The Morgan fingerprint density at radius 1 is 0.972 bits per heavy atom. The maximum atomic E-state index is 13.8. The van der Waals surface area contributed by atoms with Gasteiger partial charge in [-0.25, -0.2) is 4.98 Å². The lowest BCUT2D eigenvalue weighted by molar-refractivity contribution is 0.0938. The van der Waals surface area contributed by atoms with Crippen LogP contribution in [0.25, 0.3) is 22.2 Å². The van der Waals surface area contributed by atoms with Crippen molar-refractivity contribution in [1.29, 1.82) is 0 Å². The fourth-order valence-electron chi connectivity index (χ4n) is 5.03. The first kappa shape index (κ1) is 24.1. The lowest BCUT2D eigenvalue weighted by Gasteiger charge is -2.15. The van der Waals surface area contributed by atoms with Gasteiger partial charge in [-0.05, 0) is 75.9 Å². The molecule has 184 valence electrons. The zero-order valence-corrected chi connectivity index (χ0v) is 21.9. The first-order valence-corrected chi connectivity index (χ1v) is 13.2. The van der Waals surface area contributed by atoms with Crippen LogP contribution in [-0.4, -0.2) is 27.8 Å². The number of nitrogens with one attached hydrogen (secondary N) is 2. The molecule has 2 amide bonds. The molecule has 1 aromatic carbocycles. The first-order chi connectivity index (χ1) is 17.3. The highest BCUT2D eigenvalue weighted by Gasteiger charge is 2.25. The predicted molar refractivity (Wildman–Crippen MR) is 146 cm³/mol. The summed E-state index contributed by atoms with van der Waals surface area (Å²) < 4.78 is 0. The minimum absolute atomic E-state index is 0.109. The summed E-state index contributed by atoms with van der Waals surface area (Å²) in [6.45, 7) is 7.96. The van der Waals surface area contributed by atoms with Crippen molar-refractivity contribution in [3.05, 3.63) is 75.4 Å². The average Bonchev–Trinajstić information content (AvgIpc) is 3.46. The highest BCUT2D eigenvalue weighted by Crippen LogP contribution is 2.34. The molecule has 0 aliphatic heterocycles. The van der Waals surface area contributed by atoms with Gasteiger partial charge in [-0.15, -0.1) is 11.3 Å². The lowest BCUT2D eigenvalue weighted by atomic mass is 9.99. The SMILES string of the molecule is Cc1cc(C)c2nc(-c3ccncc3)cc(C(=O)Nc3sc(C)c(C)c3C(=O)NC3CCCC3)c2c1. The summed E-state index contributed by atoms with van der Waals surface area (Å²) >= 11 is 1.45. The fourth-order valence-corrected chi connectivity index (χ4v) is 6.08. The number of carbonyl (C=O) groups is 2. The molecule has 1 aliphatic carbocycles. The van der Waals surface area contributed by atoms with E-state index in [9.17, 15) is 9.59 Å². The Kier molecular flexibility index (Phi) is 6.58. The van der Waals surface area contributed by atoms with E-state index in [0.717, 1.165) is 63.7 Å². The number of anilines is 1. The van der Waals surface area contributed by atoms with Gasteiger partial charge in [0.05, 0.1) is 22.3 Å². The van der Waals surface area contributed by atoms with E-state index in [1.165, 1.54) is 11.3 Å². The molecule has 0 unspecified atom stereocenters. The van der Waals surface area contributed by atoms with Crippen molar-refractivity contribution in [3.8, 4) is 11.3 Å². The van der Waals surface area contributed by atoms with Crippen LogP contribution in [0.5, 0.6) is 0 Å². The molecule has 1 aliphatic rings. The van der Waals surface area contributed by atoms with E-state index in [-0.39, 0.29) is 17.9 Å². The summed E-state index contributed by atoms with van der Waals surface area (Å²) in [5, 5.41) is 7.65. The normalized spacial score (nSPS) is 13.8. The Morgan fingerprint density at radius 2 is 1.69 bits per heavy atom. The van der Waals surface area contributed by atoms with Crippen molar-refractivity contribution < 1.29 is 9.59 Å².